The maximum atomic E-state index is 13.0. The number of oxazole rings is 1. The van der Waals surface area contributed by atoms with E-state index in [0.29, 0.717) is 35.5 Å². The molecule has 32 heavy (non-hydrogen) atoms. The summed E-state index contributed by atoms with van der Waals surface area (Å²) < 4.78 is 38.8. The minimum absolute atomic E-state index is 0.244. The second kappa shape index (κ2) is 9.18. The fraction of sp³-hybridized carbons (Fsp3) is 0.286. The number of nitrogens with zero attached hydrogens (tertiary/aromatic N) is 4. The van der Waals surface area contributed by atoms with Crippen molar-refractivity contribution >= 4 is 33.1 Å². The van der Waals surface area contributed by atoms with E-state index in [2.05, 4.69) is 15.2 Å². The Hall–Kier alpha value is -2.47. The van der Waals surface area contributed by atoms with Crippen molar-refractivity contribution in [3.63, 3.8) is 0 Å². The first-order valence-electron chi connectivity index (χ1n) is 10.1. The predicted molar refractivity (Wildman–Crippen MR) is 122 cm³/mol. The quantitative estimate of drug-likeness (QED) is 0.338. The van der Waals surface area contributed by atoms with Gasteiger partial charge >= 0.3 is 0 Å². The van der Waals surface area contributed by atoms with Gasteiger partial charge in [-0.1, -0.05) is 30.3 Å². The average Bonchev–Trinajstić information content (AvgIpc) is 3.60. The summed E-state index contributed by atoms with van der Waals surface area (Å²) in [4.78, 5) is 5.69. The summed E-state index contributed by atoms with van der Waals surface area (Å²) in [6.45, 7) is 1.12. The average molecular weight is 489 g/mol. The lowest BCUT2D eigenvalue weighted by atomic mass is 10.2. The molecule has 1 saturated heterocycles. The highest BCUT2D eigenvalue weighted by atomic mass is 32.2. The summed E-state index contributed by atoms with van der Waals surface area (Å²) in [7, 11) is -3.53. The number of piperidine rings is 1. The molecule has 11 heteroatoms. The lowest BCUT2D eigenvalue weighted by Crippen LogP contribution is -2.35. The summed E-state index contributed by atoms with van der Waals surface area (Å²) in [6.07, 6.45) is 4.47. The van der Waals surface area contributed by atoms with Gasteiger partial charge < -0.3 is 8.83 Å². The van der Waals surface area contributed by atoms with Gasteiger partial charge in [-0.25, -0.2) is 13.4 Å². The zero-order chi connectivity index (χ0) is 22.0. The molecule has 166 valence electrons. The van der Waals surface area contributed by atoms with Gasteiger partial charge in [0.15, 0.2) is 0 Å². The van der Waals surface area contributed by atoms with Gasteiger partial charge in [0, 0.05) is 24.4 Å². The van der Waals surface area contributed by atoms with E-state index in [0.717, 1.165) is 29.8 Å². The van der Waals surface area contributed by atoms with E-state index in [4.69, 9.17) is 8.83 Å². The molecule has 0 amide bonds. The third-order valence-corrected chi connectivity index (χ3v) is 8.67. The van der Waals surface area contributed by atoms with Crippen molar-refractivity contribution in [2.24, 2.45) is 0 Å². The van der Waals surface area contributed by atoms with Crippen LogP contribution in [0.1, 0.15) is 25.0 Å². The van der Waals surface area contributed by atoms with Crippen LogP contribution in [0.5, 0.6) is 0 Å². The lowest BCUT2D eigenvalue weighted by molar-refractivity contribution is 0.346. The molecule has 0 spiro atoms. The Morgan fingerprint density at radius 3 is 2.75 bits per heavy atom. The molecule has 4 heterocycles. The summed E-state index contributed by atoms with van der Waals surface area (Å²) in [5.41, 5.74) is 1.34. The molecule has 0 atom stereocenters. The van der Waals surface area contributed by atoms with E-state index in [1.807, 2.05) is 17.5 Å². The molecular formula is C21H20N4O4S3. The maximum absolute atomic E-state index is 13.0. The Kier molecular flexibility index (Phi) is 6.13. The summed E-state index contributed by atoms with van der Waals surface area (Å²) in [5.74, 6) is 1.39. The van der Waals surface area contributed by atoms with Gasteiger partial charge in [0.2, 0.25) is 21.8 Å². The molecule has 5 rings (SSSR count). The Balaban J connectivity index is 1.28. The number of rotatable bonds is 7. The van der Waals surface area contributed by atoms with E-state index >= 15 is 0 Å². The van der Waals surface area contributed by atoms with Crippen molar-refractivity contribution in [2.75, 3.05) is 13.1 Å². The molecule has 1 aliphatic rings. The van der Waals surface area contributed by atoms with Crippen LogP contribution in [0.2, 0.25) is 0 Å². The van der Waals surface area contributed by atoms with E-state index in [-0.39, 0.29) is 10.8 Å². The molecule has 8 nitrogen and oxygen atoms in total. The standard InChI is InChI=1S/C21H20N4O4S3/c26-32(27,25-9-2-1-3-10-25)17-7-4-6-15(12-17)19-23-24-21(29-19)31-14-16-13-28-20(22-16)18-8-5-11-30-18/h4-8,11-13H,1-3,9-10,14H2. The van der Waals surface area contributed by atoms with Crippen LogP contribution in [0.25, 0.3) is 22.2 Å². The van der Waals surface area contributed by atoms with Crippen LogP contribution in [0, 0.1) is 0 Å². The Bertz CT molecular complexity index is 1290. The van der Waals surface area contributed by atoms with Crippen LogP contribution < -0.4 is 0 Å². The molecule has 0 bridgehead atoms. The highest BCUT2D eigenvalue weighted by Crippen LogP contribution is 2.30. The predicted octanol–water partition coefficient (Wildman–Crippen LogP) is 4.92. The minimum Gasteiger partial charge on any atom is -0.444 e. The molecule has 4 aromatic rings. The Labute approximate surface area is 193 Å². The van der Waals surface area contributed by atoms with E-state index in [1.165, 1.54) is 11.8 Å². The fourth-order valence-electron chi connectivity index (χ4n) is 3.45. The molecule has 0 radical (unpaired) electrons. The van der Waals surface area contributed by atoms with Crippen LogP contribution in [0.15, 0.2) is 67.0 Å². The Morgan fingerprint density at radius 2 is 1.94 bits per heavy atom. The first kappa shape index (κ1) is 21.4. The Morgan fingerprint density at radius 1 is 1.06 bits per heavy atom. The highest BCUT2D eigenvalue weighted by molar-refractivity contribution is 7.98. The maximum Gasteiger partial charge on any atom is 0.277 e. The van der Waals surface area contributed by atoms with Gasteiger partial charge in [-0.3, -0.25) is 0 Å². The number of aromatic nitrogens is 3. The normalized spacial score (nSPS) is 15.2. The van der Waals surface area contributed by atoms with Crippen molar-refractivity contribution < 1.29 is 17.3 Å². The number of hydrogen-bond acceptors (Lipinski definition) is 9. The van der Waals surface area contributed by atoms with Gasteiger partial charge in [0.1, 0.15) is 6.26 Å². The van der Waals surface area contributed by atoms with Crippen LogP contribution in [-0.2, 0) is 15.8 Å². The molecule has 1 aliphatic heterocycles. The number of thioether (sulfide) groups is 1. The first-order valence-corrected chi connectivity index (χ1v) is 13.5. The van der Waals surface area contributed by atoms with Gasteiger partial charge in [-0.05, 0) is 42.5 Å². The fourth-order valence-corrected chi connectivity index (χ4v) is 6.31. The van der Waals surface area contributed by atoms with E-state index in [9.17, 15) is 8.42 Å². The zero-order valence-corrected chi connectivity index (χ0v) is 19.5. The smallest absolute Gasteiger partial charge is 0.277 e. The third-order valence-electron chi connectivity index (χ3n) is 5.07. The minimum atomic E-state index is -3.53. The highest BCUT2D eigenvalue weighted by Gasteiger charge is 2.26. The molecule has 0 N–H and O–H groups in total. The zero-order valence-electron chi connectivity index (χ0n) is 17.0. The van der Waals surface area contributed by atoms with E-state index < -0.39 is 10.0 Å². The number of sulfonamides is 1. The molecule has 0 aliphatic carbocycles. The number of thiophene rings is 1. The van der Waals surface area contributed by atoms with Gasteiger partial charge in [0.25, 0.3) is 5.22 Å². The largest absolute Gasteiger partial charge is 0.444 e. The molecule has 0 unspecified atom stereocenters. The molecular weight excluding hydrogens is 468 g/mol. The van der Waals surface area contributed by atoms with Crippen molar-refractivity contribution in [2.45, 2.75) is 35.1 Å². The topological polar surface area (TPSA) is 102 Å². The van der Waals surface area contributed by atoms with Crippen molar-refractivity contribution in [3.8, 4) is 22.2 Å². The van der Waals surface area contributed by atoms with E-state index in [1.54, 1.807) is 46.2 Å². The second-order valence-corrected chi connectivity index (χ2v) is 11.1. The third kappa shape index (κ3) is 4.51. The lowest BCUT2D eigenvalue weighted by Gasteiger charge is -2.25. The SMILES string of the molecule is O=S(=O)(c1cccc(-c2nnc(SCc3coc(-c4cccs4)n3)o2)c1)N1CCCCC1. The van der Waals surface area contributed by atoms with Gasteiger partial charge in [-0.15, -0.1) is 21.5 Å². The van der Waals surface area contributed by atoms with Gasteiger partial charge in [0.05, 0.1) is 15.5 Å². The van der Waals surface area contributed by atoms with Crippen LogP contribution >= 0.6 is 23.1 Å². The van der Waals surface area contributed by atoms with Gasteiger partial charge in [-0.2, -0.15) is 4.31 Å². The van der Waals surface area contributed by atoms with Crippen LogP contribution in [0.3, 0.4) is 0 Å². The monoisotopic (exact) mass is 488 g/mol. The number of benzene rings is 1. The molecule has 1 fully saturated rings. The summed E-state index contributed by atoms with van der Waals surface area (Å²) in [6, 6.07) is 10.6. The second-order valence-electron chi connectivity index (χ2n) is 7.28. The van der Waals surface area contributed by atoms with Crippen molar-refractivity contribution in [3.05, 3.63) is 53.7 Å². The van der Waals surface area contributed by atoms with Crippen LogP contribution in [0.4, 0.5) is 0 Å². The molecule has 0 saturated carbocycles. The van der Waals surface area contributed by atoms with Crippen molar-refractivity contribution in [1.82, 2.24) is 19.5 Å². The molecule has 3 aromatic heterocycles. The number of hydrogen-bond donors (Lipinski definition) is 0. The summed E-state index contributed by atoms with van der Waals surface area (Å²) >= 11 is 2.91. The summed E-state index contributed by atoms with van der Waals surface area (Å²) in [5, 5.41) is 10.5. The first-order chi connectivity index (χ1) is 15.6. The van der Waals surface area contributed by atoms with Crippen LogP contribution in [-0.4, -0.2) is 41.0 Å². The molecule has 1 aromatic carbocycles. The van der Waals surface area contributed by atoms with Crippen molar-refractivity contribution in [1.29, 1.82) is 0 Å².